The van der Waals surface area contributed by atoms with E-state index in [-0.39, 0.29) is 24.3 Å². The van der Waals surface area contributed by atoms with Crippen molar-refractivity contribution in [2.75, 3.05) is 21.2 Å². The number of cyclic esters (lactones) is 1. The fourth-order valence-corrected chi connectivity index (χ4v) is 6.27. The number of likely N-dealkylation sites (N-methyl/N-ethyl adjacent to an activating group) is 1. The molecule has 0 saturated carbocycles. The number of carbonyl (C=O) groups is 2. The minimum absolute atomic E-state index is 0.197. The van der Waals surface area contributed by atoms with Crippen molar-refractivity contribution < 1.29 is 43.9 Å². The number of allylic oxidation sites excluding steroid dienone is 1. The Morgan fingerprint density at radius 2 is 1.70 bits per heavy atom. The lowest BCUT2D eigenvalue weighted by Gasteiger charge is -2.47. The highest BCUT2D eigenvalue weighted by atomic mass is 16.7. The van der Waals surface area contributed by atoms with Crippen molar-refractivity contribution in [3.8, 4) is 0 Å². The maximum absolute atomic E-state index is 13.5. The fraction of sp³-hybridized carbons (Fsp3) is 0.867. The maximum atomic E-state index is 13.5. The van der Waals surface area contributed by atoms with Crippen LogP contribution in [0.3, 0.4) is 0 Å². The largest absolute Gasteiger partial charge is 0.459 e. The van der Waals surface area contributed by atoms with Crippen molar-refractivity contribution in [3.05, 3.63) is 11.6 Å². The van der Waals surface area contributed by atoms with Gasteiger partial charge >= 0.3 is 5.97 Å². The van der Waals surface area contributed by atoms with Gasteiger partial charge in [-0.1, -0.05) is 20.8 Å². The zero-order valence-corrected chi connectivity index (χ0v) is 26.2. The topological polar surface area (TPSA) is 135 Å². The predicted octanol–water partition coefficient (Wildman–Crippen LogP) is 2.46. The monoisotopic (exact) mass is 571 g/mol. The van der Waals surface area contributed by atoms with Crippen molar-refractivity contribution in [2.24, 2.45) is 17.8 Å². The molecule has 2 aliphatic rings. The van der Waals surface area contributed by atoms with Gasteiger partial charge in [-0.3, -0.25) is 9.59 Å². The van der Waals surface area contributed by atoms with Gasteiger partial charge in [0.15, 0.2) is 12.1 Å². The number of Topliss-reactive ketones (excluding diaryl/α,β-unsaturated/α-hetero) is 1. The van der Waals surface area contributed by atoms with E-state index in [1.807, 2.05) is 25.9 Å². The van der Waals surface area contributed by atoms with Crippen LogP contribution in [0.25, 0.3) is 0 Å². The zero-order valence-electron chi connectivity index (χ0n) is 26.2. The molecule has 10 heteroatoms. The summed E-state index contributed by atoms with van der Waals surface area (Å²) in [4.78, 5) is 28.6. The highest BCUT2D eigenvalue weighted by molar-refractivity contribution is 5.96. The Bertz CT molecular complexity index is 906. The number of hydrogen-bond acceptors (Lipinski definition) is 10. The van der Waals surface area contributed by atoms with Crippen molar-refractivity contribution in [2.45, 2.75) is 129 Å². The Balaban J connectivity index is 2.61. The summed E-state index contributed by atoms with van der Waals surface area (Å²) in [6, 6.07) is -0.220. The maximum Gasteiger partial charge on any atom is 0.311 e. The molecule has 10 nitrogen and oxygen atoms in total. The molecular formula is C30H53NO9. The Labute approximate surface area is 240 Å². The third-order valence-electron chi connectivity index (χ3n) is 8.86. The highest BCUT2D eigenvalue weighted by Crippen LogP contribution is 2.38. The van der Waals surface area contributed by atoms with E-state index in [0.29, 0.717) is 18.4 Å². The van der Waals surface area contributed by atoms with Crippen LogP contribution >= 0.6 is 0 Å². The summed E-state index contributed by atoms with van der Waals surface area (Å²) in [5, 5.41) is 33.8. The molecule has 0 aromatic heterocycles. The molecule has 1 saturated heterocycles. The second kappa shape index (κ2) is 13.7. The number of nitrogens with zero attached hydrogens (tertiary/aromatic N) is 1. The molecule has 0 aromatic carbocycles. The number of carbonyl (C=O) groups excluding carboxylic acids is 2. The van der Waals surface area contributed by atoms with Crippen LogP contribution < -0.4 is 0 Å². The SMILES string of the molecule is CCC1OC(=O)C(C)C(O)C(C)C(OC2O[C@H](C)C[C@H](N(C)C)[C@H]2O)C(C)(OC)CC(C)C(=O)/C(C)=C\C1(C)O. The standard InChI is InChI=1S/C30H53NO9/c1-12-22-29(7,36)14-16(2)23(32)17(3)15-30(8,37-11)26(19(5)24(33)20(6)27(35)39-22)40-28-25(34)21(31(9)10)13-18(4)38-28/h14,17-22,24-26,28,33-34,36H,12-13,15H2,1-11H3/b16-14-/t17?,18-,19?,20?,21+,22?,24?,25-,26?,28?,29?,30?/m1/s1. The van der Waals surface area contributed by atoms with Crippen molar-refractivity contribution in [1.29, 1.82) is 0 Å². The molecule has 12 atom stereocenters. The summed E-state index contributed by atoms with van der Waals surface area (Å²) in [7, 11) is 5.28. The molecule has 232 valence electrons. The Kier molecular flexibility index (Phi) is 11.9. The molecule has 40 heavy (non-hydrogen) atoms. The number of ether oxygens (including phenoxy) is 4. The van der Waals surface area contributed by atoms with E-state index >= 15 is 0 Å². The molecule has 3 N–H and O–H groups in total. The Morgan fingerprint density at radius 1 is 1.10 bits per heavy atom. The van der Waals surface area contributed by atoms with Gasteiger partial charge in [0.2, 0.25) is 0 Å². The first kappa shape index (κ1) is 34.8. The number of aliphatic hydroxyl groups excluding tert-OH is 2. The van der Waals surface area contributed by atoms with Gasteiger partial charge < -0.3 is 39.2 Å². The molecule has 0 bridgehead atoms. The van der Waals surface area contributed by atoms with E-state index in [0.717, 1.165) is 0 Å². The van der Waals surface area contributed by atoms with Crippen molar-refractivity contribution in [1.82, 2.24) is 4.90 Å². The number of aliphatic hydroxyl groups is 3. The molecule has 2 aliphatic heterocycles. The van der Waals surface area contributed by atoms with Gasteiger partial charge in [0, 0.05) is 25.0 Å². The van der Waals surface area contributed by atoms with Crippen LogP contribution in [0.1, 0.15) is 74.7 Å². The van der Waals surface area contributed by atoms with E-state index in [2.05, 4.69) is 0 Å². The molecule has 0 amide bonds. The van der Waals surface area contributed by atoms with Crippen LogP contribution in [-0.2, 0) is 28.5 Å². The lowest BCUT2D eigenvalue weighted by Crippen LogP contribution is -2.59. The average molecular weight is 572 g/mol. The molecule has 9 unspecified atom stereocenters. The summed E-state index contributed by atoms with van der Waals surface area (Å²) >= 11 is 0. The average Bonchev–Trinajstić information content (AvgIpc) is 2.88. The van der Waals surface area contributed by atoms with Crippen molar-refractivity contribution in [3.63, 3.8) is 0 Å². The molecule has 0 radical (unpaired) electrons. The number of hydrogen-bond donors (Lipinski definition) is 3. The smallest absolute Gasteiger partial charge is 0.311 e. The lowest BCUT2D eigenvalue weighted by molar-refractivity contribution is -0.301. The first-order chi connectivity index (χ1) is 18.4. The van der Waals surface area contributed by atoms with Gasteiger partial charge in [-0.15, -0.1) is 0 Å². The molecular weight excluding hydrogens is 518 g/mol. The lowest BCUT2D eigenvalue weighted by atomic mass is 9.76. The Hall–Kier alpha value is -1.40. The minimum Gasteiger partial charge on any atom is -0.459 e. The number of esters is 1. The summed E-state index contributed by atoms with van der Waals surface area (Å²) in [5.41, 5.74) is -2.38. The van der Waals surface area contributed by atoms with Crippen LogP contribution in [0, 0.1) is 17.8 Å². The van der Waals surface area contributed by atoms with Crippen LogP contribution in [0.2, 0.25) is 0 Å². The van der Waals surface area contributed by atoms with E-state index in [9.17, 15) is 24.9 Å². The molecule has 0 aliphatic carbocycles. The van der Waals surface area contributed by atoms with Gasteiger partial charge in [0.1, 0.15) is 17.8 Å². The summed E-state index contributed by atoms with van der Waals surface area (Å²) in [5.74, 6) is -3.09. The van der Waals surface area contributed by atoms with Crippen LogP contribution in [0.15, 0.2) is 11.6 Å². The third-order valence-corrected chi connectivity index (χ3v) is 8.86. The van der Waals surface area contributed by atoms with Gasteiger partial charge in [-0.05, 0) is 79.6 Å². The number of methoxy groups -OCH3 is 1. The highest BCUT2D eigenvalue weighted by Gasteiger charge is 2.49. The summed E-state index contributed by atoms with van der Waals surface area (Å²) in [6.45, 7) is 13.7. The number of ketones is 1. The van der Waals surface area contributed by atoms with Gasteiger partial charge in [0.25, 0.3) is 0 Å². The van der Waals surface area contributed by atoms with E-state index in [4.69, 9.17) is 18.9 Å². The molecule has 2 heterocycles. The minimum atomic E-state index is -1.59. The van der Waals surface area contributed by atoms with E-state index in [1.54, 1.807) is 41.5 Å². The second-order valence-corrected chi connectivity index (χ2v) is 12.6. The van der Waals surface area contributed by atoms with Crippen LogP contribution in [0.4, 0.5) is 0 Å². The van der Waals surface area contributed by atoms with Gasteiger partial charge in [-0.2, -0.15) is 0 Å². The first-order valence-corrected chi connectivity index (χ1v) is 14.4. The summed E-state index contributed by atoms with van der Waals surface area (Å²) in [6.07, 6.45) is -2.68. The molecule has 0 aromatic rings. The number of rotatable bonds is 5. The quantitative estimate of drug-likeness (QED) is 0.422. The van der Waals surface area contributed by atoms with Crippen LogP contribution in [-0.4, -0.2) is 107 Å². The Morgan fingerprint density at radius 3 is 2.23 bits per heavy atom. The van der Waals surface area contributed by atoms with E-state index in [1.165, 1.54) is 20.1 Å². The van der Waals surface area contributed by atoms with Gasteiger partial charge in [-0.25, -0.2) is 0 Å². The van der Waals surface area contributed by atoms with Crippen molar-refractivity contribution >= 4 is 11.8 Å². The summed E-state index contributed by atoms with van der Waals surface area (Å²) < 4.78 is 24.3. The third kappa shape index (κ3) is 7.70. The molecule has 2 rings (SSSR count). The normalized spacial score (nSPS) is 45.9. The zero-order chi connectivity index (χ0) is 30.7. The predicted molar refractivity (Wildman–Crippen MR) is 150 cm³/mol. The molecule has 0 spiro atoms. The second-order valence-electron chi connectivity index (χ2n) is 12.6. The van der Waals surface area contributed by atoms with Gasteiger partial charge in [0.05, 0.1) is 29.8 Å². The molecule has 1 fully saturated rings. The fourth-order valence-electron chi connectivity index (χ4n) is 6.27. The first-order valence-electron chi connectivity index (χ1n) is 14.4. The van der Waals surface area contributed by atoms with Crippen LogP contribution in [0.5, 0.6) is 0 Å². The van der Waals surface area contributed by atoms with E-state index < -0.39 is 65.6 Å².